The van der Waals surface area contributed by atoms with E-state index in [-0.39, 0.29) is 6.10 Å². The first-order valence-electron chi connectivity index (χ1n) is 6.36. The Kier molecular flexibility index (Phi) is 3.52. The zero-order chi connectivity index (χ0) is 13.9. The molecule has 0 aliphatic rings. The number of benzene rings is 2. The van der Waals surface area contributed by atoms with E-state index in [1.54, 1.807) is 0 Å². The van der Waals surface area contributed by atoms with Gasteiger partial charge >= 0.3 is 0 Å². The fourth-order valence-corrected chi connectivity index (χ4v) is 2.40. The van der Waals surface area contributed by atoms with Crippen molar-refractivity contribution in [2.75, 3.05) is 0 Å². The van der Waals surface area contributed by atoms with Crippen LogP contribution in [-0.2, 0) is 0 Å². The van der Waals surface area contributed by atoms with Gasteiger partial charge in [0.05, 0.1) is 10.9 Å². The van der Waals surface area contributed by atoms with E-state index in [1.165, 1.54) is 6.33 Å². The molecule has 0 saturated carbocycles. The standard InChI is InChI=1S/C16H13ClN2O/c1-11(12-6-2-4-8-14(12)17)20-16-13-7-3-5-9-15(13)18-10-19-16/h2-11H,1H3/t11-/m1/s1. The molecule has 1 aromatic heterocycles. The molecule has 0 fully saturated rings. The van der Waals surface area contributed by atoms with Crippen molar-refractivity contribution in [3.8, 4) is 5.88 Å². The number of hydrogen-bond donors (Lipinski definition) is 0. The monoisotopic (exact) mass is 284 g/mol. The summed E-state index contributed by atoms with van der Waals surface area (Å²) in [5.41, 5.74) is 1.81. The third-order valence-electron chi connectivity index (χ3n) is 3.14. The third-order valence-corrected chi connectivity index (χ3v) is 3.48. The summed E-state index contributed by atoms with van der Waals surface area (Å²) in [7, 11) is 0. The van der Waals surface area contributed by atoms with Gasteiger partial charge in [0.1, 0.15) is 12.4 Å². The average Bonchev–Trinajstić information content (AvgIpc) is 2.48. The fourth-order valence-electron chi connectivity index (χ4n) is 2.11. The number of fused-ring (bicyclic) bond motifs is 1. The lowest BCUT2D eigenvalue weighted by Gasteiger charge is -2.16. The minimum atomic E-state index is -0.179. The van der Waals surface area contributed by atoms with Crippen LogP contribution in [0.3, 0.4) is 0 Å². The van der Waals surface area contributed by atoms with Gasteiger partial charge in [0.2, 0.25) is 5.88 Å². The Morgan fingerprint density at radius 3 is 2.60 bits per heavy atom. The average molecular weight is 285 g/mol. The highest BCUT2D eigenvalue weighted by molar-refractivity contribution is 6.31. The third kappa shape index (κ3) is 2.45. The van der Waals surface area contributed by atoms with Gasteiger partial charge < -0.3 is 4.74 Å². The minimum Gasteiger partial charge on any atom is -0.469 e. The number of halogens is 1. The molecule has 3 rings (SSSR count). The Labute approximate surface area is 122 Å². The first-order chi connectivity index (χ1) is 9.75. The van der Waals surface area contributed by atoms with E-state index in [0.717, 1.165) is 16.5 Å². The number of aromatic nitrogens is 2. The van der Waals surface area contributed by atoms with Crippen LogP contribution in [0.1, 0.15) is 18.6 Å². The molecule has 0 amide bonds. The van der Waals surface area contributed by atoms with Crippen molar-refractivity contribution < 1.29 is 4.74 Å². The second-order valence-corrected chi connectivity index (χ2v) is 4.88. The van der Waals surface area contributed by atoms with Gasteiger partial charge in [-0.3, -0.25) is 0 Å². The summed E-state index contributed by atoms with van der Waals surface area (Å²) in [6.45, 7) is 1.96. The molecule has 0 saturated heterocycles. The topological polar surface area (TPSA) is 35.0 Å². The van der Waals surface area contributed by atoms with Crippen LogP contribution in [0.25, 0.3) is 10.9 Å². The van der Waals surface area contributed by atoms with Gasteiger partial charge in [0.25, 0.3) is 0 Å². The summed E-state index contributed by atoms with van der Waals surface area (Å²) in [5, 5.41) is 1.59. The van der Waals surface area contributed by atoms with Crippen LogP contribution in [0.15, 0.2) is 54.9 Å². The largest absolute Gasteiger partial charge is 0.469 e. The Morgan fingerprint density at radius 2 is 1.75 bits per heavy atom. The van der Waals surface area contributed by atoms with Crippen molar-refractivity contribution >= 4 is 22.5 Å². The van der Waals surface area contributed by atoms with Crippen molar-refractivity contribution in [2.24, 2.45) is 0 Å². The molecule has 0 radical (unpaired) electrons. The zero-order valence-corrected chi connectivity index (χ0v) is 11.7. The number of hydrogen-bond acceptors (Lipinski definition) is 3. The lowest BCUT2D eigenvalue weighted by Crippen LogP contribution is -2.05. The summed E-state index contributed by atoms with van der Waals surface area (Å²) >= 11 is 6.19. The summed E-state index contributed by atoms with van der Waals surface area (Å²) in [5.74, 6) is 0.572. The van der Waals surface area contributed by atoms with Crippen LogP contribution in [0, 0.1) is 0 Å². The van der Waals surface area contributed by atoms with Crippen LogP contribution in [0.5, 0.6) is 5.88 Å². The predicted molar refractivity (Wildman–Crippen MR) is 80.0 cm³/mol. The van der Waals surface area contributed by atoms with Crippen molar-refractivity contribution in [3.05, 3.63) is 65.4 Å². The highest BCUT2D eigenvalue weighted by Gasteiger charge is 2.13. The van der Waals surface area contributed by atoms with Gasteiger partial charge in [0, 0.05) is 10.6 Å². The maximum atomic E-state index is 6.19. The van der Waals surface area contributed by atoms with Gasteiger partial charge in [0.15, 0.2) is 0 Å². The molecule has 0 aliphatic carbocycles. The number of para-hydroxylation sites is 1. The first kappa shape index (κ1) is 12.9. The summed E-state index contributed by atoms with van der Waals surface area (Å²) in [4.78, 5) is 8.45. The number of nitrogens with zero attached hydrogens (tertiary/aromatic N) is 2. The maximum absolute atomic E-state index is 6.19. The van der Waals surface area contributed by atoms with Crippen LogP contribution in [0.2, 0.25) is 5.02 Å². The lowest BCUT2D eigenvalue weighted by atomic mass is 10.1. The molecule has 0 bridgehead atoms. The van der Waals surface area contributed by atoms with Gasteiger partial charge in [-0.25, -0.2) is 9.97 Å². The van der Waals surface area contributed by atoms with Crippen LogP contribution in [0.4, 0.5) is 0 Å². The molecular weight excluding hydrogens is 272 g/mol. The molecule has 20 heavy (non-hydrogen) atoms. The highest BCUT2D eigenvalue weighted by atomic mass is 35.5. The van der Waals surface area contributed by atoms with Crippen LogP contribution in [-0.4, -0.2) is 9.97 Å². The second-order valence-electron chi connectivity index (χ2n) is 4.48. The van der Waals surface area contributed by atoms with Gasteiger partial charge in [-0.2, -0.15) is 0 Å². The Bertz CT molecular complexity index is 740. The molecule has 1 heterocycles. The van der Waals surface area contributed by atoms with Gasteiger partial charge in [-0.05, 0) is 25.1 Å². The lowest BCUT2D eigenvalue weighted by molar-refractivity contribution is 0.220. The summed E-state index contributed by atoms with van der Waals surface area (Å²) in [6.07, 6.45) is 1.33. The molecule has 2 aromatic carbocycles. The Balaban J connectivity index is 1.96. The first-order valence-corrected chi connectivity index (χ1v) is 6.74. The molecule has 0 aliphatic heterocycles. The molecule has 0 unspecified atom stereocenters. The predicted octanol–water partition coefficient (Wildman–Crippen LogP) is 4.42. The second kappa shape index (κ2) is 5.47. The van der Waals surface area contributed by atoms with E-state index in [0.29, 0.717) is 10.9 Å². The minimum absolute atomic E-state index is 0.179. The number of rotatable bonds is 3. The molecule has 100 valence electrons. The van der Waals surface area contributed by atoms with E-state index in [9.17, 15) is 0 Å². The summed E-state index contributed by atoms with van der Waals surface area (Å²) in [6, 6.07) is 15.4. The SMILES string of the molecule is C[C@@H](Oc1ncnc2ccccc12)c1ccccc1Cl. The molecule has 0 N–H and O–H groups in total. The van der Waals surface area contributed by atoms with Gasteiger partial charge in [-0.15, -0.1) is 0 Å². The maximum Gasteiger partial charge on any atom is 0.225 e. The highest BCUT2D eigenvalue weighted by Crippen LogP contribution is 2.29. The van der Waals surface area contributed by atoms with Crippen molar-refractivity contribution in [2.45, 2.75) is 13.0 Å². The normalized spacial score (nSPS) is 12.3. The van der Waals surface area contributed by atoms with E-state index >= 15 is 0 Å². The van der Waals surface area contributed by atoms with E-state index < -0.39 is 0 Å². The molecule has 3 nitrogen and oxygen atoms in total. The fraction of sp³-hybridized carbons (Fsp3) is 0.125. The quantitative estimate of drug-likeness (QED) is 0.714. The Morgan fingerprint density at radius 1 is 1.00 bits per heavy atom. The van der Waals surface area contributed by atoms with Crippen LogP contribution >= 0.6 is 11.6 Å². The van der Waals surface area contributed by atoms with Crippen molar-refractivity contribution in [1.82, 2.24) is 9.97 Å². The Hall–Kier alpha value is -2.13. The number of ether oxygens (including phenoxy) is 1. The molecular formula is C16H13ClN2O. The van der Waals surface area contributed by atoms with Gasteiger partial charge in [-0.1, -0.05) is 41.9 Å². The molecule has 0 spiro atoms. The van der Waals surface area contributed by atoms with E-state index in [4.69, 9.17) is 16.3 Å². The summed E-state index contributed by atoms with van der Waals surface area (Å²) < 4.78 is 5.96. The van der Waals surface area contributed by atoms with Crippen molar-refractivity contribution in [1.29, 1.82) is 0 Å². The molecule has 1 atom stereocenters. The van der Waals surface area contributed by atoms with Crippen molar-refractivity contribution in [3.63, 3.8) is 0 Å². The molecule has 4 heteroatoms. The zero-order valence-electron chi connectivity index (χ0n) is 11.0. The molecule has 3 aromatic rings. The van der Waals surface area contributed by atoms with E-state index in [1.807, 2.05) is 55.5 Å². The smallest absolute Gasteiger partial charge is 0.225 e. The van der Waals surface area contributed by atoms with E-state index in [2.05, 4.69) is 9.97 Å². The van der Waals surface area contributed by atoms with Crippen LogP contribution < -0.4 is 4.74 Å².